The first-order valence-corrected chi connectivity index (χ1v) is 7.76. The minimum absolute atomic E-state index is 0.424. The van der Waals surface area contributed by atoms with Gasteiger partial charge < -0.3 is 11.1 Å². The Balaban J connectivity index is 2.27. The minimum atomic E-state index is 0.424. The average Bonchev–Trinajstić information content (AvgIpc) is 2.28. The second-order valence-corrected chi connectivity index (χ2v) is 6.36. The lowest BCUT2D eigenvalue weighted by Gasteiger charge is -2.25. The van der Waals surface area contributed by atoms with E-state index in [1.165, 1.54) is 24.3 Å². The van der Waals surface area contributed by atoms with E-state index in [4.69, 9.17) is 18.0 Å². The number of anilines is 1. The minimum Gasteiger partial charge on any atom is -0.389 e. The molecule has 0 radical (unpaired) electrons. The Morgan fingerprint density at radius 2 is 2.11 bits per heavy atom. The van der Waals surface area contributed by atoms with Crippen LogP contribution in [0, 0.1) is 13.8 Å². The lowest BCUT2D eigenvalue weighted by molar-refractivity contribution is 0.663. The molecular weight excluding hydrogens is 262 g/mol. The Morgan fingerprint density at radius 3 is 2.72 bits per heavy atom. The van der Waals surface area contributed by atoms with Crippen LogP contribution in [0.4, 0.5) is 5.82 Å². The van der Waals surface area contributed by atoms with Crippen LogP contribution in [0.1, 0.15) is 29.7 Å². The monoisotopic (exact) mass is 281 g/mol. The third kappa shape index (κ3) is 3.14. The molecule has 2 rings (SSSR count). The number of rotatable bonds is 3. The standard InChI is InChI=1S/C13H19N3S2/c1-8-7-9(2)15-13(11(8)12(14)17)16-10-3-5-18-6-4-10/h7,10H,3-6H2,1-2H3,(H2,14,17)(H,15,16). The fourth-order valence-electron chi connectivity index (χ4n) is 2.29. The van der Waals surface area contributed by atoms with Crippen LogP contribution in [-0.4, -0.2) is 27.5 Å². The van der Waals surface area contributed by atoms with Crippen molar-refractivity contribution in [2.24, 2.45) is 5.73 Å². The molecule has 1 aliphatic heterocycles. The van der Waals surface area contributed by atoms with E-state index >= 15 is 0 Å². The number of nitrogens with two attached hydrogens (primary N) is 1. The highest BCUT2D eigenvalue weighted by atomic mass is 32.2. The molecule has 3 nitrogen and oxygen atoms in total. The zero-order valence-electron chi connectivity index (χ0n) is 10.8. The van der Waals surface area contributed by atoms with Crippen molar-refractivity contribution in [2.75, 3.05) is 16.8 Å². The normalized spacial score (nSPS) is 16.6. The Kier molecular flexibility index (Phi) is 4.45. The molecular formula is C13H19N3S2. The largest absolute Gasteiger partial charge is 0.389 e. The van der Waals surface area contributed by atoms with E-state index in [2.05, 4.69) is 10.3 Å². The number of nitrogens with one attached hydrogen (secondary N) is 1. The summed E-state index contributed by atoms with van der Waals surface area (Å²) in [6.45, 7) is 4.03. The highest BCUT2D eigenvalue weighted by Gasteiger charge is 2.17. The number of aryl methyl sites for hydroxylation is 2. The lowest BCUT2D eigenvalue weighted by Crippen LogP contribution is -2.27. The van der Waals surface area contributed by atoms with E-state index in [9.17, 15) is 0 Å². The Labute approximate surface area is 118 Å². The molecule has 3 N–H and O–H groups in total. The SMILES string of the molecule is Cc1cc(C)c(C(N)=S)c(NC2CCSCC2)n1. The molecule has 0 saturated carbocycles. The summed E-state index contributed by atoms with van der Waals surface area (Å²) >= 11 is 7.16. The van der Waals surface area contributed by atoms with Gasteiger partial charge in [0.15, 0.2) is 0 Å². The molecule has 1 fully saturated rings. The number of thiocarbonyl (C=S) groups is 1. The molecule has 0 aliphatic carbocycles. The van der Waals surface area contributed by atoms with Crippen molar-refractivity contribution in [2.45, 2.75) is 32.7 Å². The number of pyridine rings is 1. The summed E-state index contributed by atoms with van der Waals surface area (Å²) in [4.78, 5) is 4.99. The maximum absolute atomic E-state index is 5.82. The number of hydrogen-bond acceptors (Lipinski definition) is 4. The van der Waals surface area contributed by atoms with Gasteiger partial charge in [0, 0.05) is 11.7 Å². The number of hydrogen-bond donors (Lipinski definition) is 2. The van der Waals surface area contributed by atoms with Gasteiger partial charge in [-0.2, -0.15) is 11.8 Å². The van der Waals surface area contributed by atoms with E-state index in [1.54, 1.807) is 0 Å². The van der Waals surface area contributed by atoms with Crippen LogP contribution in [0.3, 0.4) is 0 Å². The maximum atomic E-state index is 5.82. The van der Waals surface area contributed by atoms with Crippen molar-refractivity contribution in [3.8, 4) is 0 Å². The van der Waals surface area contributed by atoms with Crippen molar-refractivity contribution in [1.82, 2.24) is 4.98 Å². The lowest BCUT2D eigenvalue weighted by atomic mass is 10.1. The van der Waals surface area contributed by atoms with E-state index in [-0.39, 0.29) is 0 Å². The van der Waals surface area contributed by atoms with E-state index in [0.717, 1.165) is 22.6 Å². The van der Waals surface area contributed by atoms with Crippen LogP contribution in [0.15, 0.2) is 6.07 Å². The van der Waals surface area contributed by atoms with Crippen LogP contribution in [-0.2, 0) is 0 Å². The van der Waals surface area contributed by atoms with Crippen molar-refractivity contribution in [1.29, 1.82) is 0 Å². The van der Waals surface area contributed by atoms with Crippen molar-refractivity contribution >= 4 is 34.8 Å². The molecule has 18 heavy (non-hydrogen) atoms. The summed E-state index contributed by atoms with van der Waals surface area (Å²) in [6.07, 6.45) is 2.35. The summed E-state index contributed by atoms with van der Waals surface area (Å²) in [7, 11) is 0. The Hall–Kier alpha value is -0.810. The first-order chi connectivity index (χ1) is 8.58. The van der Waals surface area contributed by atoms with Crippen LogP contribution < -0.4 is 11.1 Å². The van der Waals surface area contributed by atoms with E-state index < -0.39 is 0 Å². The first kappa shape index (κ1) is 13.6. The highest BCUT2D eigenvalue weighted by molar-refractivity contribution is 7.99. The zero-order chi connectivity index (χ0) is 13.1. The molecule has 1 saturated heterocycles. The summed E-state index contributed by atoms with van der Waals surface area (Å²) in [6, 6.07) is 2.52. The number of nitrogens with zero attached hydrogens (tertiary/aromatic N) is 1. The van der Waals surface area contributed by atoms with Crippen LogP contribution in [0.25, 0.3) is 0 Å². The molecule has 0 aromatic carbocycles. The third-order valence-corrected chi connectivity index (χ3v) is 4.41. The van der Waals surface area contributed by atoms with Gasteiger partial charge in [-0.1, -0.05) is 12.2 Å². The predicted octanol–water partition coefficient (Wildman–Crippen LogP) is 2.64. The average molecular weight is 281 g/mol. The first-order valence-electron chi connectivity index (χ1n) is 6.20. The summed E-state index contributed by atoms with van der Waals surface area (Å²) in [5.74, 6) is 3.28. The zero-order valence-corrected chi connectivity index (χ0v) is 12.5. The second-order valence-electron chi connectivity index (χ2n) is 4.70. The van der Waals surface area contributed by atoms with Gasteiger partial charge in [0.1, 0.15) is 10.8 Å². The van der Waals surface area contributed by atoms with Gasteiger partial charge in [0.25, 0.3) is 0 Å². The Bertz CT molecular complexity index is 454. The van der Waals surface area contributed by atoms with Crippen LogP contribution >= 0.6 is 24.0 Å². The Morgan fingerprint density at radius 1 is 1.44 bits per heavy atom. The predicted molar refractivity (Wildman–Crippen MR) is 83.6 cm³/mol. The molecule has 2 heterocycles. The fraction of sp³-hybridized carbons (Fsp3) is 0.538. The number of thioether (sulfide) groups is 1. The van der Waals surface area contributed by atoms with Crippen LogP contribution in [0.2, 0.25) is 0 Å². The molecule has 1 aliphatic rings. The summed E-state index contributed by atoms with van der Waals surface area (Å²) in [5, 5.41) is 3.52. The fourth-order valence-corrected chi connectivity index (χ4v) is 3.65. The number of aromatic nitrogens is 1. The van der Waals surface area contributed by atoms with Gasteiger partial charge in [-0.05, 0) is 49.8 Å². The third-order valence-electron chi connectivity index (χ3n) is 3.15. The molecule has 0 bridgehead atoms. The van der Waals surface area contributed by atoms with Crippen LogP contribution in [0.5, 0.6) is 0 Å². The summed E-state index contributed by atoms with van der Waals surface area (Å²) < 4.78 is 0. The molecule has 0 atom stereocenters. The molecule has 1 aromatic rings. The van der Waals surface area contributed by atoms with E-state index in [0.29, 0.717) is 11.0 Å². The second kappa shape index (κ2) is 5.89. The van der Waals surface area contributed by atoms with E-state index in [1.807, 2.05) is 31.7 Å². The van der Waals surface area contributed by atoms with Gasteiger partial charge in [-0.3, -0.25) is 0 Å². The van der Waals surface area contributed by atoms with Gasteiger partial charge in [-0.25, -0.2) is 4.98 Å². The highest BCUT2D eigenvalue weighted by Crippen LogP contribution is 2.24. The van der Waals surface area contributed by atoms with Crippen molar-refractivity contribution < 1.29 is 0 Å². The molecule has 5 heteroatoms. The molecule has 0 spiro atoms. The smallest absolute Gasteiger partial charge is 0.136 e. The van der Waals surface area contributed by atoms with Gasteiger partial charge in [-0.15, -0.1) is 0 Å². The quantitative estimate of drug-likeness (QED) is 0.834. The molecule has 1 aromatic heterocycles. The topological polar surface area (TPSA) is 50.9 Å². The maximum Gasteiger partial charge on any atom is 0.136 e. The van der Waals surface area contributed by atoms with Gasteiger partial charge >= 0.3 is 0 Å². The molecule has 0 unspecified atom stereocenters. The molecule has 98 valence electrons. The summed E-state index contributed by atoms with van der Waals surface area (Å²) in [5.41, 5.74) is 8.81. The molecule has 0 amide bonds. The van der Waals surface area contributed by atoms with Gasteiger partial charge in [0.05, 0.1) is 5.56 Å². The van der Waals surface area contributed by atoms with Crippen molar-refractivity contribution in [3.05, 3.63) is 22.9 Å². The van der Waals surface area contributed by atoms with Crippen molar-refractivity contribution in [3.63, 3.8) is 0 Å². The van der Waals surface area contributed by atoms with Gasteiger partial charge in [0.2, 0.25) is 0 Å².